The molecule has 2 aromatic heterocycles. The Balaban J connectivity index is 1.68. The summed E-state index contributed by atoms with van der Waals surface area (Å²) in [5.41, 5.74) is 0.921. The Morgan fingerprint density at radius 2 is 2.27 bits per heavy atom. The first-order chi connectivity index (χ1) is 10.5. The Labute approximate surface area is 128 Å². The van der Waals surface area contributed by atoms with Crippen LogP contribution in [0.15, 0.2) is 28.8 Å². The van der Waals surface area contributed by atoms with E-state index >= 15 is 0 Å². The van der Waals surface area contributed by atoms with Gasteiger partial charge in [-0.3, -0.25) is 9.78 Å². The maximum Gasteiger partial charge on any atom is 0.290 e. The van der Waals surface area contributed by atoms with Crippen LogP contribution in [-0.2, 0) is 9.47 Å². The van der Waals surface area contributed by atoms with Crippen molar-refractivity contribution in [3.8, 4) is 0 Å². The lowest BCUT2D eigenvalue weighted by Crippen LogP contribution is -2.60. The molecule has 2 aliphatic heterocycles. The Morgan fingerprint density at radius 3 is 3.09 bits per heavy atom. The third-order valence-corrected chi connectivity index (χ3v) is 4.18. The van der Waals surface area contributed by atoms with E-state index in [1.54, 1.807) is 18.3 Å². The second kappa shape index (κ2) is 4.79. The van der Waals surface area contributed by atoms with Crippen molar-refractivity contribution in [2.24, 2.45) is 0 Å². The highest BCUT2D eigenvalue weighted by Crippen LogP contribution is 2.31. The van der Waals surface area contributed by atoms with E-state index in [-0.39, 0.29) is 18.1 Å². The molecular formula is C16H18N2O4. The minimum atomic E-state index is -0.394. The zero-order chi connectivity index (χ0) is 15.3. The molecule has 0 saturated carbocycles. The molecule has 2 fully saturated rings. The van der Waals surface area contributed by atoms with Crippen molar-refractivity contribution in [2.45, 2.75) is 31.6 Å². The van der Waals surface area contributed by atoms with Crippen molar-refractivity contribution >= 4 is 17.0 Å². The van der Waals surface area contributed by atoms with E-state index in [0.717, 1.165) is 0 Å². The summed E-state index contributed by atoms with van der Waals surface area (Å²) in [5, 5.41) is 0. The fourth-order valence-corrected chi connectivity index (χ4v) is 3.24. The monoisotopic (exact) mass is 302 g/mol. The number of amides is 1. The van der Waals surface area contributed by atoms with Gasteiger partial charge in [-0.15, -0.1) is 0 Å². The van der Waals surface area contributed by atoms with Gasteiger partial charge in [0, 0.05) is 12.3 Å². The number of rotatable bonds is 1. The summed E-state index contributed by atoms with van der Waals surface area (Å²) in [6.45, 7) is 5.52. The normalized spacial score (nSPS) is 27.1. The van der Waals surface area contributed by atoms with Crippen LogP contribution < -0.4 is 0 Å². The Hall–Kier alpha value is -1.92. The number of aromatic nitrogens is 1. The van der Waals surface area contributed by atoms with Crippen LogP contribution in [0, 0.1) is 0 Å². The number of hydrogen-bond acceptors (Lipinski definition) is 5. The molecule has 0 radical (unpaired) electrons. The second-order valence-electron chi connectivity index (χ2n) is 6.45. The minimum Gasteiger partial charge on any atom is -0.449 e. The van der Waals surface area contributed by atoms with Crippen LogP contribution in [0.5, 0.6) is 0 Å². The summed E-state index contributed by atoms with van der Waals surface area (Å²) < 4.78 is 17.2. The average molecular weight is 302 g/mol. The molecule has 2 saturated heterocycles. The van der Waals surface area contributed by atoms with Crippen LogP contribution in [0.1, 0.15) is 24.4 Å². The summed E-state index contributed by atoms with van der Waals surface area (Å²) in [4.78, 5) is 18.9. The molecule has 0 unspecified atom stereocenters. The molecule has 22 heavy (non-hydrogen) atoms. The standard InChI is InChI=1S/C16H18N2O4/c1-16(2)9-18(11-7-20-8-14(11)22-16)15(19)13-6-10-12(21-13)4-3-5-17-10/h3-6,11,14H,7-9H2,1-2H3/t11-,14-/m1/s1. The first-order valence-corrected chi connectivity index (χ1v) is 7.45. The number of carbonyl (C=O) groups excluding carboxylic acids is 1. The molecule has 2 aromatic rings. The van der Waals surface area contributed by atoms with E-state index < -0.39 is 5.60 Å². The lowest BCUT2D eigenvalue weighted by molar-refractivity contribution is -0.138. The van der Waals surface area contributed by atoms with Crippen molar-refractivity contribution in [3.05, 3.63) is 30.2 Å². The van der Waals surface area contributed by atoms with Gasteiger partial charge in [0.15, 0.2) is 11.3 Å². The first-order valence-electron chi connectivity index (χ1n) is 7.45. The van der Waals surface area contributed by atoms with Gasteiger partial charge in [0.05, 0.1) is 31.4 Å². The maximum atomic E-state index is 12.9. The summed E-state index contributed by atoms with van der Waals surface area (Å²) >= 11 is 0. The van der Waals surface area contributed by atoms with Gasteiger partial charge >= 0.3 is 0 Å². The van der Waals surface area contributed by atoms with Gasteiger partial charge in [0.1, 0.15) is 11.6 Å². The quantitative estimate of drug-likeness (QED) is 0.804. The van der Waals surface area contributed by atoms with Gasteiger partial charge in [-0.2, -0.15) is 0 Å². The first kappa shape index (κ1) is 13.7. The fraction of sp³-hybridized carbons (Fsp3) is 0.500. The maximum absolute atomic E-state index is 12.9. The van der Waals surface area contributed by atoms with Crippen molar-refractivity contribution in [3.63, 3.8) is 0 Å². The predicted molar refractivity (Wildman–Crippen MR) is 78.6 cm³/mol. The highest BCUT2D eigenvalue weighted by Gasteiger charge is 2.46. The number of morpholine rings is 1. The van der Waals surface area contributed by atoms with Crippen molar-refractivity contribution in [2.75, 3.05) is 19.8 Å². The highest BCUT2D eigenvalue weighted by atomic mass is 16.6. The molecule has 4 rings (SSSR count). The molecular weight excluding hydrogens is 284 g/mol. The van der Waals surface area contributed by atoms with Crippen LogP contribution in [0.2, 0.25) is 0 Å². The topological polar surface area (TPSA) is 64.8 Å². The molecule has 2 aliphatic rings. The number of carbonyl (C=O) groups is 1. The molecule has 0 N–H and O–H groups in total. The van der Waals surface area contributed by atoms with Crippen LogP contribution in [0.3, 0.4) is 0 Å². The van der Waals surface area contributed by atoms with Gasteiger partial charge in [-0.05, 0) is 26.0 Å². The summed E-state index contributed by atoms with van der Waals surface area (Å²) in [6.07, 6.45) is 1.61. The number of nitrogens with zero attached hydrogens (tertiary/aromatic N) is 2. The second-order valence-corrected chi connectivity index (χ2v) is 6.45. The average Bonchev–Trinajstić information content (AvgIpc) is 3.10. The largest absolute Gasteiger partial charge is 0.449 e. The van der Waals surface area contributed by atoms with Crippen LogP contribution in [0.25, 0.3) is 11.1 Å². The third-order valence-electron chi connectivity index (χ3n) is 4.18. The van der Waals surface area contributed by atoms with Gasteiger partial charge in [0.2, 0.25) is 0 Å². The smallest absolute Gasteiger partial charge is 0.290 e. The molecule has 1 amide bonds. The summed E-state index contributed by atoms with van der Waals surface area (Å²) in [7, 11) is 0. The zero-order valence-electron chi connectivity index (χ0n) is 12.6. The van der Waals surface area contributed by atoms with Crippen molar-refractivity contribution < 1.29 is 18.7 Å². The number of fused-ring (bicyclic) bond motifs is 2. The molecule has 0 spiro atoms. The zero-order valence-corrected chi connectivity index (χ0v) is 12.6. The molecule has 6 nitrogen and oxygen atoms in total. The lowest BCUT2D eigenvalue weighted by atomic mass is 10.0. The van der Waals surface area contributed by atoms with Gasteiger partial charge in [-0.1, -0.05) is 0 Å². The van der Waals surface area contributed by atoms with Crippen LogP contribution >= 0.6 is 0 Å². The molecule has 0 bridgehead atoms. The van der Waals surface area contributed by atoms with E-state index in [9.17, 15) is 4.79 Å². The number of hydrogen-bond donors (Lipinski definition) is 0. The molecule has 4 heterocycles. The Bertz CT molecular complexity index is 691. The van der Waals surface area contributed by atoms with E-state index in [0.29, 0.717) is 36.6 Å². The number of pyridine rings is 1. The van der Waals surface area contributed by atoms with Gasteiger partial charge < -0.3 is 18.8 Å². The number of ether oxygens (including phenoxy) is 2. The van der Waals surface area contributed by atoms with E-state index in [4.69, 9.17) is 13.9 Å². The van der Waals surface area contributed by atoms with E-state index in [1.807, 2.05) is 24.8 Å². The molecule has 2 atom stereocenters. The van der Waals surface area contributed by atoms with Crippen LogP contribution in [0.4, 0.5) is 0 Å². The predicted octanol–water partition coefficient (Wildman–Crippen LogP) is 1.85. The summed E-state index contributed by atoms with van der Waals surface area (Å²) in [6, 6.07) is 5.25. The summed E-state index contributed by atoms with van der Waals surface area (Å²) in [5.74, 6) is 0.187. The van der Waals surface area contributed by atoms with Gasteiger partial charge in [-0.25, -0.2) is 0 Å². The van der Waals surface area contributed by atoms with E-state index in [1.165, 1.54) is 0 Å². The lowest BCUT2D eigenvalue weighted by Gasteiger charge is -2.44. The SMILES string of the molecule is CC1(C)CN(C(=O)c2cc3ncccc3o2)[C@@H]2COC[C@H]2O1. The molecule has 0 aromatic carbocycles. The van der Waals surface area contributed by atoms with Gasteiger partial charge in [0.25, 0.3) is 5.91 Å². The molecule has 6 heteroatoms. The fourth-order valence-electron chi connectivity index (χ4n) is 3.24. The van der Waals surface area contributed by atoms with E-state index in [2.05, 4.69) is 4.98 Å². The number of furan rings is 1. The minimum absolute atomic E-state index is 0.0540. The molecule has 0 aliphatic carbocycles. The third kappa shape index (κ3) is 2.19. The Morgan fingerprint density at radius 1 is 1.41 bits per heavy atom. The molecule has 116 valence electrons. The Kier molecular flexibility index (Phi) is 2.99. The van der Waals surface area contributed by atoms with Crippen molar-refractivity contribution in [1.29, 1.82) is 0 Å². The van der Waals surface area contributed by atoms with Crippen LogP contribution in [-0.4, -0.2) is 53.3 Å². The van der Waals surface area contributed by atoms with Crippen molar-refractivity contribution in [1.82, 2.24) is 9.88 Å². The highest BCUT2D eigenvalue weighted by molar-refractivity contribution is 5.95.